The van der Waals surface area contributed by atoms with Crippen LogP contribution in [0.5, 0.6) is 0 Å². The molecule has 0 aliphatic heterocycles. The van der Waals surface area contributed by atoms with Crippen molar-refractivity contribution in [2.24, 2.45) is 0 Å². The number of methoxy groups -OCH3 is 1. The fraction of sp³-hybridized carbons (Fsp3) is 0.286. The van der Waals surface area contributed by atoms with Crippen molar-refractivity contribution in [2.45, 2.75) is 13.8 Å². The summed E-state index contributed by atoms with van der Waals surface area (Å²) in [5.74, 6) is -0.748. The number of nitrogens with zero attached hydrogens (tertiary/aromatic N) is 1. The number of carbonyl (C=O) groups is 2. The second-order valence-corrected chi connectivity index (χ2v) is 5.24. The van der Waals surface area contributed by atoms with Crippen LogP contribution in [-0.2, 0) is 9.53 Å². The van der Waals surface area contributed by atoms with Gasteiger partial charge in [-0.15, -0.1) is 11.3 Å². The van der Waals surface area contributed by atoms with Gasteiger partial charge in [-0.1, -0.05) is 0 Å². The summed E-state index contributed by atoms with van der Waals surface area (Å²) < 4.78 is 6.53. The molecule has 0 aliphatic rings. The van der Waals surface area contributed by atoms with Crippen molar-refractivity contribution >= 4 is 23.2 Å². The first kappa shape index (κ1) is 14.3. The highest BCUT2D eigenvalue weighted by atomic mass is 32.1. The minimum Gasteiger partial charge on any atom is -0.468 e. The van der Waals surface area contributed by atoms with Crippen LogP contribution in [0.4, 0.5) is 0 Å². The van der Waals surface area contributed by atoms with Crippen molar-refractivity contribution in [3.05, 3.63) is 40.5 Å². The van der Waals surface area contributed by atoms with Gasteiger partial charge >= 0.3 is 5.97 Å². The minimum absolute atomic E-state index is 0.131. The number of aryl methyl sites for hydroxylation is 2. The summed E-state index contributed by atoms with van der Waals surface area (Å²) >= 11 is 1.49. The van der Waals surface area contributed by atoms with E-state index in [0.29, 0.717) is 5.56 Å². The van der Waals surface area contributed by atoms with Gasteiger partial charge in [0.05, 0.1) is 12.7 Å². The third-order valence-corrected chi connectivity index (χ3v) is 3.88. The van der Waals surface area contributed by atoms with E-state index in [1.165, 1.54) is 18.4 Å². The average Bonchev–Trinajstić information content (AvgIpc) is 3.02. The quantitative estimate of drug-likeness (QED) is 0.877. The van der Waals surface area contributed by atoms with Crippen molar-refractivity contribution in [1.29, 1.82) is 0 Å². The molecule has 0 spiro atoms. The lowest BCUT2D eigenvalue weighted by molar-refractivity contribution is -0.139. The number of hydrogen-bond acceptors (Lipinski definition) is 4. The Morgan fingerprint density at radius 3 is 2.50 bits per heavy atom. The molecule has 0 aliphatic carbocycles. The molecule has 106 valence electrons. The van der Waals surface area contributed by atoms with Crippen molar-refractivity contribution in [3.63, 3.8) is 0 Å². The molecule has 0 fully saturated rings. The molecule has 0 atom stereocenters. The second-order valence-electron chi connectivity index (χ2n) is 4.35. The van der Waals surface area contributed by atoms with Gasteiger partial charge < -0.3 is 14.6 Å². The Hall–Kier alpha value is -2.08. The van der Waals surface area contributed by atoms with Crippen LogP contribution in [0.1, 0.15) is 21.7 Å². The molecule has 6 heteroatoms. The van der Waals surface area contributed by atoms with Gasteiger partial charge in [-0.25, -0.2) is 0 Å². The number of aromatic nitrogens is 1. The SMILES string of the molecule is COC(=O)CNC(=O)c1ccsc1-n1c(C)ccc1C. The maximum atomic E-state index is 12.1. The highest BCUT2D eigenvalue weighted by Gasteiger charge is 2.17. The number of ether oxygens (including phenoxy) is 1. The predicted octanol–water partition coefficient (Wildman–Crippen LogP) is 2.06. The number of carbonyl (C=O) groups excluding carboxylic acids is 2. The van der Waals surface area contributed by atoms with E-state index in [1.54, 1.807) is 6.07 Å². The Labute approximate surface area is 121 Å². The van der Waals surface area contributed by atoms with Crippen LogP contribution in [-0.4, -0.2) is 30.1 Å². The standard InChI is InChI=1S/C14H16N2O3S/c1-9-4-5-10(2)16(9)14-11(6-7-20-14)13(18)15-8-12(17)19-3/h4-7H,8H2,1-3H3,(H,15,18). The van der Waals surface area contributed by atoms with Gasteiger partial charge in [0.25, 0.3) is 5.91 Å². The topological polar surface area (TPSA) is 60.3 Å². The smallest absolute Gasteiger partial charge is 0.325 e. The van der Waals surface area contributed by atoms with Gasteiger partial charge in [0.2, 0.25) is 0 Å². The molecule has 2 rings (SSSR count). The van der Waals surface area contributed by atoms with Gasteiger partial charge in [-0.05, 0) is 37.4 Å². The number of rotatable bonds is 4. The molecule has 2 aromatic rings. The van der Waals surface area contributed by atoms with Crippen LogP contribution in [0.2, 0.25) is 0 Å². The van der Waals surface area contributed by atoms with Gasteiger partial charge in [0, 0.05) is 11.4 Å². The van der Waals surface area contributed by atoms with E-state index < -0.39 is 5.97 Å². The molecule has 0 bridgehead atoms. The summed E-state index contributed by atoms with van der Waals surface area (Å²) in [6.07, 6.45) is 0. The number of hydrogen-bond donors (Lipinski definition) is 1. The summed E-state index contributed by atoms with van der Waals surface area (Å²) in [7, 11) is 1.29. The van der Waals surface area contributed by atoms with Crippen LogP contribution in [0.15, 0.2) is 23.6 Å². The molecule has 0 saturated carbocycles. The van der Waals surface area contributed by atoms with Gasteiger partial charge in [0.15, 0.2) is 0 Å². The van der Waals surface area contributed by atoms with E-state index in [4.69, 9.17) is 0 Å². The summed E-state index contributed by atoms with van der Waals surface area (Å²) in [5, 5.41) is 5.27. The van der Waals surface area contributed by atoms with Gasteiger partial charge in [0.1, 0.15) is 11.5 Å². The summed E-state index contributed by atoms with van der Waals surface area (Å²) in [6.45, 7) is 3.85. The zero-order valence-corrected chi connectivity index (χ0v) is 12.4. The Kier molecular flexibility index (Phi) is 4.24. The Bertz CT molecular complexity index is 623. The maximum absolute atomic E-state index is 12.1. The predicted molar refractivity (Wildman–Crippen MR) is 77.5 cm³/mol. The molecule has 0 saturated heterocycles. The molecule has 0 radical (unpaired) electrons. The number of nitrogens with one attached hydrogen (secondary N) is 1. The molecule has 0 aromatic carbocycles. The van der Waals surface area contributed by atoms with E-state index in [2.05, 4.69) is 10.1 Å². The van der Waals surface area contributed by atoms with E-state index in [9.17, 15) is 9.59 Å². The second kappa shape index (κ2) is 5.92. The Morgan fingerprint density at radius 2 is 1.90 bits per heavy atom. The van der Waals surface area contributed by atoms with Crippen LogP contribution in [0.25, 0.3) is 5.00 Å². The van der Waals surface area contributed by atoms with Crippen molar-refractivity contribution < 1.29 is 14.3 Å². The molecule has 1 amide bonds. The lowest BCUT2D eigenvalue weighted by atomic mass is 10.3. The van der Waals surface area contributed by atoms with Crippen LogP contribution < -0.4 is 5.32 Å². The molecule has 2 aromatic heterocycles. The van der Waals surface area contributed by atoms with Crippen LogP contribution in [0, 0.1) is 13.8 Å². The van der Waals surface area contributed by atoms with E-state index in [-0.39, 0.29) is 12.5 Å². The summed E-state index contributed by atoms with van der Waals surface area (Å²) in [6, 6.07) is 5.77. The first-order valence-corrected chi connectivity index (χ1v) is 7.00. The third-order valence-electron chi connectivity index (χ3n) is 2.98. The van der Waals surface area contributed by atoms with Gasteiger partial charge in [-0.2, -0.15) is 0 Å². The number of esters is 1. The molecule has 1 N–H and O–H groups in total. The normalized spacial score (nSPS) is 10.3. The first-order chi connectivity index (χ1) is 9.54. The summed E-state index contributed by atoms with van der Waals surface area (Å²) in [5.41, 5.74) is 2.68. The third kappa shape index (κ3) is 2.75. The average molecular weight is 292 g/mol. The van der Waals surface area contributed by atoms with Crippen LogP contribution >= 0.6 is 11.3 Å². The van der Waals surface area contributed by atoms with Crippen molar-refractivity contribution in [3.8, 4) is 5.00 Å². The lowest BCUT2D eigenvalue weighted by Crippen LogP contribution is -2.30. The maximum Gasteiger partial charge on any atom is 0.325 e. The zero-order valence-electron chi connectivity index (χ0n) is 11.6. The van der Waals surface area contributed by atoms with E-state index >= 15 is 0 Å². The number of amides is 1. The molecular formula is C14H16N2O3S. The highest BCUT2D eigenvalue weighted by Crippen LogP contribution is 2.25. The summed E-state index contributed by atoms with van der Waals surface area (Å²) in [4.78, 5) is 23.2. The fourth-order valence-corrected chi connectivity index (χ4v) is 2.97. The minimum atomic E-state index is -0.469. The lowest BCUT2D eigenvalue weighted by Gasteiger charge is -2.10. The largest absolute Gasteiger partial charge is 0.468 e. The Morgan fingerprint density at radius 1 is 1.25 bits per heavy atom. The molecule has 20 heavy (non-hydrogen) atoms. The van der Waals surface area contributed by atoms with Crippen LogP contribution in [0.3, 0.4) is 0 Å². The monoisotopic (exact) mass is 292 g/mol. The fourth-order valence-electron chi connectivity index (χ4n) is 1.96. The van der Waals surface area contributed by atoms with E-state index in [0.717, 1.165) is 16.4 Å². The highest BCUT2D eigenvalue weighted by molar-refractivity contribution is 7.13. The molecule has 5 nitrogen and oxygen atoms in total. The number of thiophene rings is 1. The molecule has 2 heterocycles. The molecule has 0 unspecified atom stereocenters. The van der Waals surface area contributed by atoms with E-state index in [1.807, 2.05) is 35.9 Å². The first-order valence-electron chi connectivity index (χ1n) is 6.12. The van der Waals surface area contributed by atoms with Crippen molar-refractivity contribution in [1.82, 2.24) is 9.88 Å². The Balaban J connectivity index is 2.25. The van der Waals surface area contributed by atoms with Crippen molar-refractivity contribution in [2.75, 3.05) is 13.7 Å². The molecular weight excluding hydrogens is 276 g/mol. The zero-order chi connectivity index (χ0) is 14.7. The van der Waals surface area contributed by atoms with Gasteiger partial charge in [-0.3, -0.25) is 9.59 Å².